The van der Waals surface area contributed by atoms with E-state index >= 15 is 0 Å². The van der Waals surface area contributed by atoms with Crippen LogP contribution in [0, 0.1) is 17.2 Å². The number of hydrogen-bond acceptors (Lipinski definition) is 3. The van der Waals surface area contributed by atoms with Crippen LogP contribution in [-0.2, 0) is 0 Å². The molecule has 0 heterocycles. The molecule has 0 amide bonds. The first kappa shape index (κ1) is 12.7. The highest BCUT2D eigenvalue weighted by Gasteiger charge is 2.18. The van der Waals surface area contributed by atoms with E-state index in [1.54, 1.807) is 0 Å². The molecule has 1 aromatic carbocycles. The molecule has 3 nitrogen and oxygen atoms in total. The zero-order chi connectivity index (χ0) is 12.0. The Kier molecular flexibility index (Phi) is 4.97. The van der Waals surface area contributed by atoms with Crippen molar-refractivity contribution < 1.29 is 5.11 Å². The number of aliphatic hydroxyl groups is 1. The van der Waals surface area contributed by atoms with Gasteiger partial charge in [-0.25, -0.2) is 0 Å². The van der Waals surface area contributed by atoms with Crippen LogP contribution in [0.15, 0.2) is 30.3 Å². The molecule has 3 heteroatoms. The quantitative estimate of drug-likeness (QED) is 0.793. The Labute approximate surface area is 96.7 Å². The van der Waals surface area contributed by atoms with Gasteiger partial charge in [-0.3, -0.25) is 5.32 Å². The Bertz CT molecular complexity index is 343. The highest BCUT2D eigenvalue weighted by molar-refractivity contribution is 5.19. The average molecular weight is 218 g/mol. The van der Waals surface area contributed by atoms with Crippen molar-refractivity contribution in [3.05, 3.63) is 35.9 Å². The topological polar surface area (TPSA) is 56.0 Å². The summed E-state index contributed by atoms with van der Waals surface area (Å²) in [7, 11) is 0. The molecule has 0 spiro atoms. The van der Waals surface area contributed by atoms with Gasteiger partial charge in [0, 0.05) is 0 Å². The minimum Gasteiger partial charge on any atom is -0.394 e. The number of aliphatic hydroxyl groups excluding tert-OH is 1. The van der Waals surface area contributed by atoms with Crippen LogP contribution in [0.1, 0.15) is 25.5 Å². The molecule has 1 aromatic rings. The lowest BCUT2D eigenvalue weighted by Crippen LogP contribution is -2.37. The van der Waals surface area contributed by atoms with Crippen molar-refractivity contribution in [2.75, 3.05) is 6.61 Å². The maximum Gasteiger partial charge on any atom is 0.0981 e. The molecule has 0 fully saturated rings. The lowest BCUT2D eigenvalue weighted by molar-refractivity contribution is 0.232. The van der Waals surface area contributed by atoms with E-state index in [4.69, 9.17) is 5.26 Å². The van der Waals surface area contributed by atoms with Gasteiger partial charge in [0.05, 0.1) is 24.8 Å². The van der Waals surface area contributed by atoms with Gasteiger partial charge < -0.3 is 5.11 Å². The van der Waals surface area contributed by atoms with Gasteiger partial charge in [0.1, 0.15) is 0 Å². The van der Waals surface area contributed by atoms with Crippen LogP contribution in [0.2, 0.25) is 0 Å². The lowest BCUT2D eigenvalue weighted by atomic mass is 10.0. The van der Waals surface area contributed by atoms with Crippen LogP contribution in [0.25, 0.3) is 0 Å². The second-order valence-corrected chi connectivity index (χ2v) is 4.16. The normalized spacial score (nSPS) is 14.4. The van der Waals surface area contributed by atoms with Crippen LogP contribution >= 0.6 is 0 Å². The summed E-state index contributed by atoms with van der Waals surface area (Å²) in [6.07, 6.45) is 0. The van der Waals surface area contributed by atoms with Crippen LogP contribution in [0.3, 0.4) is 0 Å². The molecule has 2 atom stereocenters. The maximum atomic E-state index is 9.33. The predicted molar refractivity (Wildman–Crippen MR) is 63.6 cm³/mol. The number of hydrogen-bond donors (Lipinski definition) is 2. The molecular weight excluding hydrogens is 200 g/mol. The van der Waals surface area contributed by atoms with Gasteiger partial charge >= 0.3 is 0 Å². The highest BCUT2D eigenvalue weighted by Crippen LogP contribution is 2.14. The zero-order valence-corrected chi connectivity index (χ0v) is 9.72. The monoisotopic (exact) mass is 218 g/mol. The molecular formula is C13H18N2O. The van der Waals surface area contributed by atoms with Gasteiger partial charge in [0.2, 0.25) is 0 Å². The fraction of sp³-hybridized carbons (Fsp3) is 0.462. The first-order chi connectivity index (χ1) is 7.69. The molecule has 0 aliphatic rings. The summed E-state index contributed by atoms with van der Waals surface area (Å²) in [5.41, 5.74) is 1.01. The molecule has 0 radical (unpaired) electrons. The molecule has 0 saturated carbocycles. The molecule has 16 heavy (non-hydrogen) atoms. The zero-order valence-electron chi connectivity index (χ0n) is 9.72. The van der Waals surface area contributed by atoms with Gasteiger partial charge in [-0.15, -0.1) is 0 Å². The molecule has 0 saturated heterocycles. The van der Waals surface area contributed by atoms with Crippen molar-refractivity contribution in [2.45, 2.75) is 25.9 Å². The molecule has 0 aliphatic heterocycles. The predicted octanol–water partition coefficient (Wildman–Crippen LogP) is 1.86. The summed E-state index contributed by atoms with van der Waals surface area (Å²) in [6.45, 7) is 3.97. The molecule has 0 bridgehead atoms. The van der Waals surface area contributed by atoms with Crippen molar-refractivity contribution in [2.24, 2.45) is 5.92 Å². The minimum atomic E-state index is -0.239. The smallest absolute Gasteiger partial charge is 0.0981 e. The van der Waals surface area contributed by atoms with Crippen LogP contribution in [0.4, 0.5) is 0 Å². The molecule has 0 aromatic heterocycles. The van der Waals surface area contributed by atoms with E-state index in [0.717, 1.165) is 5.56 Å². The SMILES string of the molecule is CC(C)[C@@H](C#N)N[C@H](CO)c1ccccc1. The molecule has 0 unspecified atom stereocenters. The maximum absolute atomic E-state index is 9.33. The first-order valence-electron chi connectivity index (χ1n) is 5.50. The third kappa shape index (κ3) is 3.34. The van der Waals surface area contributed by atoms with Crippen LogP contribution in [-0.4, -0.2) is 17.8 Å². The third-order valence-corrected chi connectivity index (χ3v) is 2.57. The molecule has 0 aliphatic carbocycles. The van der Waals surface area contributed by atoms with E-state index in [9.17, 15) is 5.11 Å². The van der Waals surface area contributed by atoms with E-state index in [-0.39, 0.29) is 24.6 Å². The Morgan fingerprint density at radius 3 is 2.38 bits per heavy atom. The molecule has 2 N–H and O–H groups in total. The Morgan fingerprint density at radius 1 is 1.31 bits per heavy atom. The summed E-state index contributed by atoms with van der Waals surface area (Å²) in [5, 5.41) is 21.5. The Hall–Kier alpha value is -1.37. The van der Waals surface area contributed by atoms with Crippen LogP contribution < -0.4 is 5.32 Å². The number of nitrogens with zero attached hydrogens (tertiary/aromatic N) is 1. The van der Waals surface area contributed by atoms with Gasteiger partial charge in [0.25, 0.3) is 0 Å². The fourth-order valence-electron chi connectivity index (χ4n) is 1.54. The van der Waals surface area contributed by atoms with Gasteiger partial charge in [0.15, 0.2) is 0 Å². The van der Waals surface area contributed by atoms with Crippen LogP contribution in [0.5, 0.6) is 0 Å². The molecule has 86 valence electrons. The van der Waals surface area contributed by atoms with Gasteiger partial charge in [-0.05, 0) is 11.5 Å². The minimum absolute atomic E-state index is 0.00505. The Morgan fingerprint density at radius 2 is 1.94 bits per heavy atom. The van der Waals surface area contributed by atoms with Gasteiger partial charge in [-0.2, -0.15) is 5.26 Å². The van der Waals surface area contributed by atoms with Crippen molar-refractivity contribution in [1.29, 1.82) is 5.26 Å². The lowest BCUT2D eigenvalue weighted by Gasteiger charge is -2.22. The summed E-state index contributed by atoms with van der Waals surface area (Å²) in [6, 6.07) is 11.5. The second kappa shape index (κ2) is 6.26. The van der Waals surface area contributed by atoms with Gasteiger partial charge in [-0.1, -0.05) is 44.2 Å². The summed E-state index contributed by atoms with van der Waals surface area (Å²) in [5.74, 6) is 0.225. The summed E-state index contributed by atoms with van der Waals surface area (Å²) in [4.78, 5) is 0. The van der Waals surface area contributed by atoms with Crippen molar-refractivity contribution in [3.63, 3.8) is 0 Å². The van der Waals surface area contributed by atoms with E-state index in [1.807, 2.05) is 44.2 Å². The number of nitriles is 1. The Balaban J connectivity index is 2.73. The third-order valence-electron chi connectivity index (χ3n) is 2.57. The summed E-state index contributed by atoms with van der Waals surface area (Å²) < 4.78 is 0. The molecule has 1 rings (SSSR count). The number of nitrogens with one attached hydrogen (secondary N) is 1. The van der Waals surface area contributed by atoms with E-state index in [2.05, 4.69) is 11.4 Å². The average Bonchev–Trinajstić information content (AvgIpc) is 2.31. The van der Waals surface area contributed by atoms with Crippen molar-refractivity contribution in [3.8, 4) is 6.07 Å². The van der Waals surface area contributed by atoms with Crippen molar-refractivity contribution >= 4 is 0 Å². The second-order valence-electron chi connectivity index (χ2n) is 4.16. The highest BCUT2D eigenvalue weighted by atomic mass is 16.3. The number of rotatable bonds is 5. The van der Waals surface area contributed by atoms with E-state index in [0.29, 0.717) is 0 Å². The summed E-state index contributed by atoms with van der Waals surface area (Å²) >= 11 is 0. The van der Waals surface area contributed by atoms with E-state index < -0.39 is 0 Å². The number of benzene rings is 1. The van der Waals surface area contributed by atoms with E-state index in [1.165, 1.54) is 0 Å². The standard InChI is InChI=1S/C13H18N2O/c1-10(2)12(8-14)15-13(9-16)11-6-4-3-5-7-11/h3-7,10,12-13,15-16H,9H2,1-2H3/t12-,13-/m1/s1. The first-order valence-corrected chi connectivity index (χ1v) is 5.50. The fourth-order valence-corrected chi connectivity index (χ4v) is 1.54. The van der Waals surface area contributed by atoms with Crippen molar-refractivity contribution in [1.82, 2.24) is 5.32 Å². The largest absolute Gasteiger partial charge is 0.394 e.